The van der Waals surface area contributed by atoms with Crippen LogP contribution in [-0.2, 0) is 4.74 Å². The summed E-state index contributed by atoms with van der Waals surface area (Å²) < 4.78 is 38.0. The van der Waals surface area contributed by atoms with Gasteiger partial charge in [-0.25, -0.2) is 13.8 Å². The average molecular weight is 312 g/mol. The number of rotatable bonds is 3. The lowest BCUT2D eigenvalue weighted by atomic mass is 10.1. The van der Waals surface area contributed by atoms with Gasteiger partial charge < -0.3 is 14.8 Å². The van der Waals surface area contributed by atoms with E-state index in [0.717, 1.165) is 23.7 Å². The van der Waals surface area contributed by atoms with Crippen LogP contribution in [0.2, 0.25) is 0 Å². The summed E-state index contributed by atoms with van der Waals surface area (Å²) in [6.45, 7) is 2.11. The quantitative estimate of drug-likeness (QED) is 0.946. The maximum absolute atomic E-state index is 14.0. The molecule has 1 N–H and O–H groups in total. The Kier molecular flexibility index (Phi) is 4.14. The molecule has 1 atom stereocenters. The van der Waals surface area contributed by atoms with Crippen LogP contribution in [0, 0.1) is 11.6 Å². The van der Waals surface area contributed by atoms with Gasteiger partial charge in [0.1, 0.15) is 28.5 Å². The average Bonchev–Trinajstić information content (AvgIpc) is 2.96. The Morgan fingerprint density at radius 2 is 2.29 bits per heavy atom. The lowest BCUT2D eigenvalue weighted by Gasteiger charge is -2.21. The van der Waals surface area contributed by atoms with Gasteiger partial charge in [-0.1, -0.05) is 0 Å². The third-order valence-corrected chi connectivity index (χ3v) is 4.16. The van der Waals surface area contributed by atoms with Gasteiger partial charge >= 0.3 is 0 Å². The Morgan fingerprint density at radius 3 is 3.00 bits per heavy atom. The van der Waals surface area contributed by atoms with Crippen LogP contribution in [0.4, 0.5) is 8.78 Å². The van der Waals surface area contributed by atoms with Crippen LogP contribution in [0.3, 0.4) is 0 Å². The lowest BCUT2D eigenvalue weighted by molar-refractivity contribution is 0.0276. The summed E-state index contributed by atoms with van der Waals surface area (Å²) >= 11 is 1.39. The van der Waals surface area contributed by atoms with E-state index in [2.05, 4.69) is 10.3 Å². The molecule has 1 saturated heterocycles. The number of nitrogens with zero attached hydrogens (tertiary/aromatic N) is 1. The molecule has 0 aliphatic carbocycles. The Bertz CT molecular complexity index is 642. The van der Waals surface area contributed by atoms with E-state index >= 15 is 0 Å². The topological polar surface area (TPSA) is 43.4 Å². The molecule has 7 heteroatoms. The maximum atomic E-state index is 14.0. The van der Waals surface area contributed by atoms with Gasteiger partial charge in [-0.05, 0) is 0 Å². The number of nitrogens with one attached hydrogen (secondary N) is 1. The summed E-state index contributed by atoms with van der Waals surface area (Å²) in [6, 6.07) is 1.98. The molecule has 0 radical (unpaired) electrons. The van der Waals surface area contributed by atoms with Crippen molar-refractivity contribution >= 4 is 11.3 Å². The number of methoxy groups -OCH3 is 1. The molecule has 4 nitrogen and oxygen atoms in total. The van der Waals surface area contributed by atoms with Crippen molar-refractivity contribution in [3.8, 4) is 17.0 Å². The highest BCUT2D eigenvalue weighted by Crippen LogP contribution is 2.35. The summed E-state index contributed by atoms with van der Waals surface area (Å²) in [5.41, 5.74) is 0.601. The van der Waals surface area contributed by atoms with E-state index in [0.29, 0.717) is 18.8 Å². The van der Waals surface area contributed by atoms with E-state index in [1.165, 1.54) is 18.4 Å². The van der Waals surface area contributed by atoms with E-state index < -0.39 is 11.6 Å². The zero-order chi connectivity index (χ0) is 14.8. The van der Waals surface area contributed by atoms with E-state index in [-0.39, 0.29) is 17.4 Å². The number of halogens is 2. The molecule has 3 rings (SSSR count). The second kappa shape index (κ2) is 6.05. The van der Waals surface area contributed by atoms with Crippen molar-refractivity contribution in [3.63, 3.8) is 0 Å². The molecule has 0 unspecified atom stereocenters. The SMILES string of the molecule is COc1cc(F)cc(F)c1-c1csc([C@H]2CNCCO2)n1. The molecule has 2 heterocycles. The van der Waals surface area contributed by atoms with Gasteiger partial charge in [0.25, 0.3) is 0 Å². The monoisotopic (exact) mass is 312 g/mol. The smallest absolute Gasteiger partial charge is 0.139 e. The number of hydrogen-bond donors (Lipinski definition) is 1. The van der Waals surface area contributed by atoms with Crippen molar-refractivity contribution in [2.75, 3.05) is 26.8 Å². The predicted octanol–water partition coefficient (Wildman–Crippen LogP) is 2.76. The molecule has 0 saturated carbocycles. The fraction of sp³-hybridized carbons (Fsp3) is 0.357. The third kappa shape index (κ3) is 2.90. The van der Waals surface area contributed by atoms with E-state index in [1.54, 1.807) is 5.38 Å². The molecule has 1 aromatic carbocycles. The number of ether oxygens (including phenoxy) is 2. The van der Waals surface area contributed by atoms with Crippen molar-refractivity contribution < 1.29 is 18.3 Å². The zero-order valence-electron chi connectivity index (χ0n) is 11.4. The number of morpholine rings is 1. The number of thiazole rings is 1. The molecule has 112 valence electrons. The summed E-state index contributed by atoms with van der Waals surface area (Å²) in [4.78, 5) is 4.41. The van der Waals surface area contributed by atoms with Gasteiger partial charge in [0, 0.05) is 30.6 Å². The first-order valence-corrected chi connectivity index (χ1v) is 7.38. The van der Waals surface area contributed by atoms with Crippen LogP contribution in [0.15, 0.2) is 17.5 Å². The summed E-state index contributed by atoms with van der Waals surface area (Å²) in [5, 5.41) is 5.71. The molecule has 1 aromatic heterocycles. The van der Waals surface area contributed by atoms with Gasteiger partial charge in [-0.15, -0.1) is 11.3 Å². The normalized spacial score (nSPS) is 18.7. The number of hydrogen-bond acceptors (Lipinski definition) is 5. The largest absolute Gasteiger partial charge is 0.496 e. The molecular formula is C14H14F2N2O2S. The highest BCUT2D eigenvalue weighted by Gasteiger charge is 2.22. The van der Waals surface area contributed by atoms with Crippen LogP contribution in [0.5, 0.6) is 5.75 Å². The van der Waals surface area contributed by atoms with Gasteiger partial charge in [0.05, 0.1) is 25.0 Å². The molecule has 0 bridgehead atoms. The van der Waals surface area contributed by atoms with E-state index in [1.807, 2.05) is 0 Å². The Labute approximate surface area is 124 Å². The molecule has 0 spiro atoms. The van der Waals surface area contributed by atoms with Crippen molar-refractivity contribution in [1.82, 2.24) is 10.3 Å². The minimum Gasteiger partial charge on any atom is -0.496 e. The van der Waals surface area contributed by atoms with Crippen LogP contribution < -0.4 is 10.1 Å². The van der Waals surface area contributed by atoms with Crippen molar-refractivity contribution in [1.29, 1.82) is 0 Å². The predicted molar refractivity (Wildman–Crippen MR) is 75.6 cm³/mol. The lowest BCUT2D eigenvalue weighted by Crippen LogP contribution is -2.33. The standard InChI is InChI=1S/C14H14F2N2O2S/c1-19-11-5-8(15)4-9(16)13(11)10-7-21-14(18-10)12-6-17-2-3-20-12/h4-5,7,12,17H,2-3,6H2,1H3/t12-/m1/s1. The van der Waals surface area contributed by atoms with Gasteiger partial charge in [0.2, 0.25) is 0 Å². The van der Waals surface area contributed by atoms with Crippen LogP contribution in [0.25, 0.3) is 11.3 Å². The van der Waals surface area contributed by atoms with Gasteiger partial charge in [-0.3, -0.25) is 0 Å². The second-order valence-corrected chi connectivity index (χ2v) is 5.49. The first-order valence-electron chi connectivity index (χ1n) is 6.50. The fourth-order valence-electron chi connectivity index (χ4n) is 2.23. The summed E-state index contributed by atoms with van der Waals surface area (Å²) in [5.74, 6) is -1.23. The Balaban J connectivity index is 1.96. The highest BCUT2D eigenvalue weighted by molar-refractivity contribution is 7.10. The molecule has 1 fully saturated rings. The maximum Gasteiger partial charge on any atom is 0.139 e. The van der Waals surface area contributed by atoms with E-state index in [9.17, 15) is 8.78 Å². The number of aromatic nitrogens is 1. The van der Waals surface area contributed by atoms with Gasteiger partial charge in [0.15, 0.2) is 0 Å². The van der Waals surface area contributed by atoms with Crippen LogP contribution in [0.1, 0.15) is 11.1 Å². The molecule has 21 heavy (non-hydrogen) atoms. The number of benzene rings is 1. The second-order valence-electron chi connectivity index (χ2n) is 4.60. The molecule has 1 aliphatic heterocycles. The highest BCUT2D eigenvalue weighted by atomic mass is 32.1. The van der Waals surface area contributed by atoms with Gasteiger partial charge in [-0.2, -0.15) is 0 Å². The summed E-state index contributed by atoms with van der Waals surface area (Å²) in [7, 11) is 1.37. The molecule has 0 amide bonds. The zero-order valence-corrected chi connectivity index (χ0v) is 12.2. The first-order chi connectivity index (χ1) is 10.2. The Morgan fingerprint density at radius 1 is 1.43 bits per heavy atom. The molecule has 1 aliphatic rings. The summed E-state index contributed by atoms with van der Waals surface area (Å²) in [6.07, 6.45) is -0.132. The first kappa shape index (κ1) is 14.4. The van der Waals surface area contributed by atoms with Crippen molar-refractivity contribution in [2.24, 2.45) is 0 Å². The fourth-order valence-corrected chi connectivity index (χ4v) is 3.09. The van der Waals surface area contributed by atoms with Crippen molar-refractivity contribution in [2.45, 2.75) is 6.10 Å². The van der Waals surface area contributed by atoms with Crippen LogP contribution >= 0.6 is 11.3 Å². The third-order valence-electron chi connectivity index (χ3n) is 3.22. The van der Waals surface area contributed by atoms with E-state index in [4.69, 9.17) is 9.47 Å². The minimum absolute atomic E-state index is 0.132. The molecular weight excluding hydrogens is 298 g/mol. The Hall–Kier alpha value is -1.57. The molecule has 2 aromatic rings. The van der Waals surface area contributed by atoms with Crippen molar-refractivity contribution in [3.05, 3.63) is 34.2 Å². The van der Waals surface area contributed by atoms with Crippen LogP contribution in [-0.4, -0.2) is 31.8 Å². The minimum atomic E-state index is -0.689.